The zero-order valence-electron chi connectivity index (χ0n) is 5.35. The molecule has 0 saturated heterocycles. The lowest BCUT2D eigenvalue weighted by Crippen LogP contribution is -2.28. The molecule has 0 fully saturated rings. The zero-order chi connectivity index (χ0) is 7.84. The number of hydrogen-bond acceptors (Lipinski definition) is 5. The molecular weight excluding hydrogens is 146 g/mol. The van der Waals surface area contributed by atoms with Gasteiger partial charge in [0.05, 0.1) is 0 Å². The van der Waals surface area contributed by atoms with E-state index in [9.17, 15) is 4.79 Å². The van der Waals surface area contributed by atoms with Crippen LogP contribution in [0.3, 0.4) is 0 Å². The van der Waals surface area contributed by atoms with Crippen LogP contribution in [0.5, 0.6) is 0 Å². The van der Waals surface area contributed by atoms with E-state index in [0.29, 0.717) is 0 Å². The van der Waals surface area contributed by atoms with Crippen molar-refractivity contribution in [1.29, 1.82) is 0 Å². The van der Waals surface area contributed by atoms with Crippen molar-refractivity contribution in [3.63, 3.8) is 0 Å². The monoisotopic (exact) mass is 149 g/mol. The van der Waals surface area contributed by atoms with Crippen molar-refractivity contribution < 1.29 is 4.79 Å². The van der Waals surface area contributed by atoms with Crippen molar-refractivity contribution in [1.82, 2.24) is 0 Å². The van der Waals surface area contributed by atoms with Crippen LogP contribution in [0.2, 0.25) is 0 Å². The van der Waals surface area contributed by atoms with Crippen molar-refractivity contribution in [2.75, 3.05) is 0 Å². The quantitative estimate of drug-likeness (QED) is 0.464. The minimum atomic E-state index is -0.481. The maximum atomic E-state index is 10.9. The van der Waals surface area contributed by atoms with Crippen LogP contribution < -0.4 is 5.73 Å². The topological polar surface area (TPSA) is 92.5 Å². The largest absolute Gasteiger partial charge is 0.368 e. The molecule has 0 aromatic carbocycles. The van der Waals surface area contributed by atoms with Crippen molar-refractivity contribution in [3.05, 3.63) is 0 Å². The molecule has 2 heterocycles. The van der Waals surface area contributed by atoms with Gasteiger partial charge in [0.15, 0.2) is 11.5 Å². The Bertz CT molecular complexity index is 348. The molecule has 1 amide bonds. The second-order valence-electron chi connectivity index (χ2n) is 1.93. The first-order valence-corrected chi connectivity index (χ1v) is 2.85. The summed E-state index contributed by atoms with van der Waals surface area (Å²) in [5.74, 6) is -0.296. The van der Waals surface area contributed by atoms with E-state index in [1.165, 1.54) is 6.34 Å². The molecule has 0 bridgehead atoms. The number of aliphatic imine (C=N–C) groups is 4. The fraction of sp³-hybridized carbons (Fsp3) is 0. The normalized spacial score (nSPS) is 20.7. The third-order valence-corrected chi connectivity index (χ3v) is 1.22. The maximum absolute atomic E-state index is 10.9. The van der Waals surface area contributed by atoms with Gasteiger partial charge in [-0.25, -0.2) is 9.98 Å². The predicted molar refractivity (Wildman–Crippen MR) is 40.0 cm³/mol. The van der Waals surface area contributed by atoms with Gasteiger partial charge in [-0.2, -0.15) is 9.98 Å². The van der Waals surface area contributed by atoms with Crippen LogP contribution in [0.25, 0.3) is 0 Å². The number of guanidine groups is 1. The van der Waals surface area contributed by atoms with Gasteiger partial charge in [-0.15, -0.1) is 0 Å². The summed E-state index contributed by atoms with van der Waals surface area (Å²) in [5, 5.41) is 0. The Morgan fingerprint density at radius 2 is 2.18 bits per heavy atom. The van der Waals surface area contributed by atoms with Crippen LogP contribution in [0.4, 0.5) is 0 Å². The summed E-state index contributed by atoms with van der Waals surface area (Å²) in [6.07, 6.45) is 1.25. The van der Waals surface area contributed by atoms with Crippen LogP contribution >= 0.6 is 0 Å². The molecule has 0 aliphatic carbocycles. The van der Waals surface area contributed by atoms with Crippen molar-refractivity contribution in [2.24, 2.45) is 25.7 Å². The lowest BCUT2D eigenvalue weighted by molar-refractivity contribution is -0.111. The Balaban J connectivity index is 2.54. The first-order valence-electron chi connectivity index (χ1n) is 2.85. The lowest BCUT2D eigenvalue weighted by Gasteiger charge is -2.01. The van der Waals surface area contributed by atoms with Gasteiger partial charge in [0.2, 0.25) is 5.96 Å². The van der Waals surface area contributed by atoms with E-state index in [2.05, 4.69) is 20.0 Å². The standard InChI is InChI=1S/C5H3N5O/c6-5-9-3-2(4(11)10-5)7-1-8-3/h1H,(H2,6,10,11). The summed E-state index contributed by atoms with van der Waals surface area (Å²) in [4.78, 5) is 25.4. The molecule has 2 aliphatic heterocycles. The molecular formula is C5H3N5O. The molecule has 0 atom stereocenters. The van der Waals surface area contributed by atoms with E-state index in [0.717, 1.165) is 0 Å². The predicted octanol–water partition coefficient (Wildman–Crippen LogP) is -1.28. The van der Waals surface area contributed by atoms with Crippen LogP contribution in [-0.2, 0) is 4.79 Å². The van der Waals surface area contributed by atoms with Crippen molar-refractivity contribution in [3.8, 4) is 0 Å². The molecule has 6 heteroatoms. The highest BCUT2D eigenvalue weighted by Gasteiger charge is 2.24. The Hall–Kier alpha value is -1.85. The molecule has 2 rings (SSSR count). The zero-order valence-corrected chi connectivity index (χ0v) is 5.35. The van der Waals surface area contributed by atoms with Crippen molar-refractivity contribution in [2.45, 2.75) is 0 Å². The number of carbonyl (C=O) groups excluding carboxylic acids is 1. The van der Waals surface area contributed by atoms with E-state index in [1.807, 2.05) is 0 Å². The van der Waals surface area contributed by atoms with Crippen LogP contribution in [0, 0.1) is 0 Å². The van der Waals surface area contributed by atoms with Crippen molar-refractivity contribution >= 4 is 29.8 Å². The average Bonchev–Trinajstić information content (AvgIpc) is 2.34. The summed E-state index contributed by atoms with van der Waals surface area (Å²) in [6, 6.07) is 0. The number of nitrogens with zero attached hydrogens (tertiary/aromatic N) is 4. The Morgan fingerprint density at radius 1 is 1.36 bits per heavy atom. The molecule has 0 spiro atoms. The number of fused-ring (bicyclic) bond motifs is 1. The lowest BCUT2D eigenvalue weighted by atomic mass is 10.3. The van der Waals surface area contributed by atoms with Gasteiger partial charge in [0.1, 0.15) is 6.34 Å². The molecule has 2 aliphatic rings. The minimum absolute atomic E-state index is 0.0667. The number of amides is 1. The maximum Gasteiger partial charge on any atom is 0.302 e. The molecule has 0 unspecified atom stereocenters. The summed E-state index contributed by atoms with van der Waals surface area (Å²) in [5.41, 5.74) is 5.36. The summed E-state index contributed by atoms with van der Waals surface area (Å²) in [7, 11) is 0. The SMILES string of the molecule is NC1=NC(=O)C2=NC=NC2=N1. The smallest absolute Gasteiger partial charge is 0.302 e. The molecule has 0 aromatic rings. The molecule has 11 heavy (non-hydrogen) atoms. The molecule has 0 radical (unpaired) electrons. The average molecular weight is 149 g/mol. The molecule has 0 aromatic heterocycles. The van der Waals surface area contributed by atoms with Crippen LogP contribution in [0.15, 0.2) is 20.0 Å². The highest BCUT2D eigenvalue weighted by atomic mass is 16.1. The molecule has 2 N–H and O–H groups in total. The van der Waals surface area contributed by atoms with E-state index < -0.39 is 5.91 Å². The first kappa shape index (κ1) is 5.90. The number of hydrogen-bond donors (Lipinski definition) is 1. The summed E-state index contributed by atoms with van der Waals surface area (Å²) < 4.78 is 0. The minimum Gasteiger partial charge on any atom is -0.368 e. The van der Waals surface area contributed by atoms with E-state index in [-0.39, 0.29) is 17.5 Å². The molecule has 54 valence electrons. The Kier molecular flexibility index (Phi) is 0.974. The van der Waals surface area contributed by atoms with Gasteiger partial charge < -0.3 is 5.73 Å². The van der Waals surface area contributed by atoms with E-state index >= 15 is 0 Å². The summed E-state index contributed by atoms with van der Waals surface area (Å²) >= 11 is 0. The Morgan fingerprint density at radius 3 is 3.00 bits per heavy atom. The summed E-state index contributed by atoms with van der Waals surface area (Å²) in [6.45, 7) is 0. The van der Waals surface area contributed by atoms with Crippen LogP contribution in [-0.4, -0.2) is 29.8 Å². The number of carbonyl (C=O) groups is 1. The van der Waals surface area contributed by atoms with E-state index in [4.69, 9.17) is 5.73 Å². The number of nitrogens with two attached hydrogens (primary N) is 1. The van der Waals surface area contributed by atoms with Crippen LogP contribution in [0.1, 0.15) is 0 Å². The number of amidine groups is 1. The second kappa shape index (κ2) is 1.82. The third-order valence-electron chi connectivity index (χ3n) is 1.22. The van der Waals surface area contributed by atoms with Gasteiger partial charge in [0, 0.05) is 0 Å². The van der Waals surface area contributed by atoms with Gasteiger partial charge >= 0.3 is 5.91 Å². The fourth-order valence-electron chi connectivity index (χ4n) is 0.783. The number of rotatable bonds is 0. The second-order valence-corrected chi connectivity index (χ2v) is 1.93. The van der Waals surface area contributed by atoms with E-state index in [1.54, 1.807) is 0 Å². The van der Waals surface area contributed by atoms with Gasteiger partial charge in [-0.05, 0) is 0 Å². The third kappa shape index (κ3) is 0.759. The molecule has 6 nitrogen and oxygen atoms in total. The van der Waals surface area contributed by atoms with Gasteiger partial charge in [-0.1, -0.05) is 0 Å². The highest BCUT2D eigenvalue weighted by Crippen LogP contribution is 2.01. The Labute approximate surface area is 61.3 Å². The van der Waals surface area contributed by atoms with Gasteiger partial charge in [-0.3, -0.25) is 4.79 Å². The fourth-order valence-corrected chi connectivity index (χ4v) is 0.783. The van der Waals surface area contributed by atoms with Gasteiger partial charge in [0.25, 0.3) is 0 Å². The molecule has 0 saturated carbocycles. The highest BCUT2D eigenvalue weighted by molar-refractivity contribution is 6.71. The first-order chi connectivity index (χ1) is 5.27.